The Kier molecular flexibility index (Phi) is 7.44. The summed E-state index contributed by atoms with van der Waals surface area (Å²) in [6, 6.07) is 0. The number of hydrogen-bond acceptors (Lipinski definition) is 4. The molecule has 3 unspecified atom stereocenters. The van der Waals surface area contributed by atoms with Crippen molar-refractivity contribution < 1.29 is 14.6 Å². The maximum atomic E-state index is 9.85. The van der Waals surface area contributed by atoms with Gasteiger partial charge in [-0.2, -0.15) is 0 Å². The van der Waals surface area contributed by atoms with Crippen molar-refractivity contribution >= 4 is 0 Å². The van der Waals surface area contributed by atoms with Gasteiger partial charge in [0.1, 0.15) is 0 Å². The molecule has 0 aromatic carbocycles. The minimum absolute atomic E-state index is 0.0549. The van der Waals surface area contributed by atoms with Crippen molar-refractivity contribution in [2.24, 2.45) is 5.92 Å². The van der Waals surface area contributed by atoms with Crippen LogP contribution in [0.2, 0.25) is 0 Å². The second-order valence-electron chi connectivity index (χ2n) is 6.68. The van der Waals surface area contributed by atoms with Gasteiger partial charge in [-0.25, -0.2) is 0 Å². The Labute approximate surface area is 129 Å². The Morgan fingerprint density at radius 1 is 1.29 bits per heavy atom. The van der Waals surface area contributed by atoms with Crippen molar-refractivity contribution in [2.45, 2.75) is 69.9 Å². The van der Waals surface area contributed by atoms with Gasteiger partial charge in [-0.1, -0.05) is 13.3 Å². The Morgan fingerprint density at radius 3 is 2.90 bits per heavy atom. The highest BCUT2D eigenvalue weighted by molar-refractivity contribution is 4.98. The van der Waals surface area contributed by atoms with Crippen molar-refractivity contribution in [2.75, 3.05) is 33.0 Å². The molecule has 2 N–H and O–H groups in total. The molecule has 21 heavy (non-hydrogen) atoms. The van der Waals surface area contributed by atoms with Crippen molar-refractivity contribution in [3.05, 3.63) is 0 Å². The topological polar surface area (TPSA) is 50.7 Å². The van der Waals surface area contributed by atoms with E-state index < -0.39 is 0 Å². The summed E-state index contributed by atoms with van der Waals surface area (Å²) in [5, 5.41) is 13.5. The van der Waals surface area contributed by atoms with E-state index in [4.69, 9.17) is 9.47 Å². The monoisotopic (exact) mass is 299 g/mol. The van der Waals surface area contributed by atoms with E-state index in [0.29, 0.717) is 12.0 Å². The Morgan fingerprint density at radius 2 is 2.19 bits per heavy atom. The van der Waals surface area contributed by atoms with Crippen molar-refractivity contribution in [1.29, 1.82) is 0 Å². The number of rotatable bonds is 9. The summed E-state index contributed by atoms with van der Waals surface area (Å²) in [6.45, 7) is 5.85. The van der Waals surface area contributed by atoms with E-state index in [9.17, 15) is 5.11 Å². The summed E-state index contributed by atoms with van der Waals surface area (Å²) in [5.74, 6) is 0.543. The van der Waals surface area contributed by atoms with Crippen LogP contribution in [0.25, 0.3) is 0 Å². The highest BCUT2D eigenvalue weighted by Gasteiger charge is 2.41. The molecule has 1 heterocycles. The number of ether oxygens (including phenoxy) is 2. The summed E-state index contributed by atoms with van der Waals surface area (Å²) in [7, 11) is 0. The van der Waals surface area contributed by atoms with E-state index in [2.05, 4.69) is 12.2 Å². The van der Waals surface area contributed by atoms with Crippen molar-refractivity contribution in [3.8, 4) is 0 Å². The maximum absolute atomic E-state index is 9.85. The molecule has 1 saturated heterocycles. The first-order valence-corrected chi connectivity index (χ1v) is 8.86. The fourth-order valence-corrected chi connectivity index (χ4v) is 3.81. The number of nitrogens with one attached hydrogen (secondary N) is 1. The summed E-state index contributed by atoms with van der Waals surface area (Å²) in [4.78, 5) is 0. The van der Waals surface area contributed by atoms with Crippen LogP contribution in [0.3, 0.4) is 0 Å². The molecule has 2 fully saturated rings. The average molecular weight is 299 g/mol. The van der Waals surface area contributed by atoms with Crippen LogP contribution >= 0.6 is 0 Å². The zero-order valence-corrected chi connectivity index (χ0v) is 13.6. The fraction of sp³-hybridized carbons (Fsp3) is 1.00. The molecule has 0 amide bonds. The summed E-state index contributed by atoms with van der Waals surface area (Å²) in [6.07, 6.45) is 9.60. The lowest BCUT2D eigenvalue weighted by Gasteiger charge is -2.35. The average Bonchev–Trinajstić information content (AvgIpc) is 2.94. The van der Waals surface area contributed by atoms with Gasteiger partial charge in [-0.05, 0) is 57.4 Å². The highest BCUT2D eigenvalue weighted by Crippen LogP contribution is 2.37. The minimum atomic E-state index is -0.0549. The molecule has 1 aliphatic heterocycles. The lowest BCUT2D eigenvalue weighted by molar-refractivity contribution is -0.0441. The molecule has 4 heteroatoms. The normalized spacial score (nSPS) is 33.4. The van der Waals surface area contributed by atoms with E-state index in [0.717, 1.165) is 52.0 Å². The van der Waals surface area contributed by atoms with Crippen LogP contribution in [0.5, 0.6) is 0 Å². The third-order valence-corrected chi connectivity index (χ3v) is 5.15. The van der Waals surface area contributed by atoms with Gasteiger partial charge in [-0.15, -0.1) is 0 Å². The van der Waals surface area contributed by atoms with E-state index in [1.165, 1.54) is 25.7 Å². The van der Waals surface area contributed by atoms with Crippen molar-refractivity contribution in [1.82, 2.24) is 5.32 Å². The van der Waals surface area contributed by atoms with Gasteiger partial charge in [0.05, 0.1) is 19.3 Å². The number of aliphatic hydroxyl groups is 1. The molecule has 0 aromatic heterocycles. The Bertz CT molecular complexity index is 281. The third-order valence-electron chi connectivity index (χ3n) is 5.15. The van der Waals surface area contributed by atoms with E-state index in [1.54, 1.807) is 0 Å². The lowest BCUT2D eigenvalue weighted by atomic mass is 9.85. The van der Waals surface area contributed by atoms with E-state index >= 15 is 0 Å². The second kappa shape index (κ2) is 9.09. The van der Waals surface area contributed by atoms with Gasteiger partial charge in [0.2, 0.25) is 0 Å². The molecule has 1 aliphatic carbocycles. The van der Waals surface area contributed by atoms with Crippen LogP contribution in [0, 0.1) is 5.92 Å². The predicted molar refractivity (Wildman–Crippen MR) is 84.5 cm³/mol. The molecule has 2 aliphatic rings. The van der Waals surface area contributed by atoms with Crippen LogP contribution in [0.1, 0.15) is 58.3 Å². The molecule has 0 aromatic rings. The molecule has 3 atom stereocenters. The zero-order chi connectivity index (χ0) is 15.0. The predicted octanol–water partition coefficient (Wildman–Crippen LogP) is 2.49. The van der Waals surface area contributed by atoms with Crippen molar-refractivity contribution in [3.63, 3.8) is 0 Å². The number of aliphatic hydroxyl groups excluding tert-OH is 1. The summed E-state index contributed by atoms with van der Waals surface area (Å²) in [5.41, 5.74) is -0.0549. The Hall–Kier alpha value is -0.160. The largest absolute Gasteiger partial charge is 0.394 e. The van der Waals surface area contributed by atoms with Gasteiger partial charge in [0.25, 0.3) is 0 Å². The van der Waals surface area contributed by atoms with Crippen LogP contribution in [-0.4, -0.2) is 49.7 Å². The van der Waals surface area contributed by atoms with Crippen LogP contribution in [0.4, 0.5) is 0 Å². The highest BCUT2D eigenvalue weighted by atomic mass is 16.5. The molecule has 0 radical (unpaired) electrons. The van der Waals surface area contributed by atoms with Crippen LogP contribution in [-0.2, 0) is 9.47 Å². The fourth-order valence-electron chi connectivity index (χ4n) is 3.81. The molecule has 0 bridgehead atoms. The Balaban J connectivity index is 1.68. The quantitative estimate of drug-likeness (QED) is 0.642. The first kappa shape index (κ1) is 17.2. The first-order valence-electron chi connectivity index (χ1n) is 8.86. The van der Waals surface area contributed by atoms with Gasteiger partial charge in [-0.3, -0.25) is 0 Å². The van der Waals surface area contributed by atoms with E-state index in [1.807, 2.05) is 0 Å². The van der Waals surface area contributed by atoms with Gasteiger partial charge in [0.15, 0.2) is 0 Å². The van der Waals surface area contributed by atoms with Crippen LogP contribution in [0.15, 0.2) is 0 Å². The molecule has 0 spiro atoms. The third kappa shape index (κ3) is 4.92. The second-order valence-corrected chi connectivity index (χ2v) is 6.68. The molecule has 124 valence electrons. The summed E-state index contributed by atoms with van der Waals surface area (Å²) < 4.78 is 11.5. The van der Waals surface area contributed by atoms with Gasteiger partial charge in [0, 0.05) is 18.8 Å². The van der Waals surface area contributed by atoms with Gasteiger partial charge >= 0.3 is 0 Å². The molecular formula is C17H33NO3. The molecule has 2 rings (SSSR count). The van der Waals surface area contributed by atoms with Gasteiger partial charge < -0.3 is 19.9 Å². The van der Waals surface area contributed by atoms with E-state index in [-0.39, 0.29) is 12.1 Å². The standard InChI is InChI=1S/C17H33NO3/c1-2-10-18-17(14-19)9-5-6-15(17)8-12-20-13-16-7-3-4-11-21-16/h15-16,18-19H,2-14H2,1H3. The zero-order valence-electron chi connectivity index (χ0n) is 13.6. The molecule has 1 saturated carbocycles. The SMILES string of the molecule is CCCNC1(CO)CCCC1CCOCC1CCCCO1. The van der Waals surface area contributed by atoms with Crippen LogP contribution < -0.4 is 5.32 Å². The first-order chi connectivity index (χ1) is 10.3. The molecular weight excluding hydrogens is 266 g/mol. The number of hydrogen-bond donors (Lipinski definition) is 2. The maximum Gasteiger partial charge on any atom is 0.0808 e. The summed E-state index contributed by atoms with van der Waals surface area (Å²) >= 11 is 0. The molecule has 4 nitrogen and oxygen atoms in total. The smallest absolute Gasteiger partial charge is 0.0808 e. The lowest BCUT2D eigenvalue weighted by Crippen LogP contribution is -2.52. The minimum Gasteiger partial charge on any atom is -0.394 e.